The maximum absolute atomic E-state index is 13.0. The van der Waals surface area contributed by atoms with Crippen molar-refractivity contribution < 1.29 is 13.2 Å². The highest BCUT2D eigenvalue weighted by Crippen LogP contribution is 2.34. The normalized spacial score (nSPS) is 19.9. The first kappa shape index (κ1) is 33.6. The molecule has 1 aromatic carbocycles. The number of aromatic nitrogens is 3. The molecule has 48 heavy (non-hydrogen) atoms. The Labute approximate surface area is 288 Å². The molecule has 0 unspecified atom stereocenters. The zero-order chi connectivity index (χ0) is 33.4. The highest BCUT2D eigenvalue weighted by Gasteiger charge is 2.30. The number of benzene rings is 1. The predicted molar refractivity (Wildman–Crippen MR) is 187 cm³/mol. The van der Waals surface area contributed by atoms with E-state index in [9.17, 15) is 18.4 Å². The molecule has 0 amide bonds. The molecule has 0 bridgehead atoms. The van der Waals surface area contributed by atoms with Gasteiger partial charge in [0, 0.05) is 105 Å². The number of piperazine rings is 1. The Balaban J connectivity index is 0.959. The number of piperidine rings is 1. The Hall–Kier alpha value is -2.93. The quantitative estimate of drug-likeness (QED) is 0.193. The summed E-state index contributed by atoms with van der Waals surface area (Å²) in [6.07, 6.45) is -0.653. The lowest BCUT2D eigenvalue weighted by atomic mass is 10.0. The van der Waals surface area contributed by atoms with E-state index >= 15 is 0 Å². The van der Waals surface area contributed by atoms with Crippen LogP contribution < -0.4 is 5.32 Å². The molecule has 0 spiro atoms. The van der Waals surface area contributed by atoms with Crippen LogP contribution in [0.1, 0.15) is 47.9 Å². The zero-order valence-electron chi connectivity index (χ0n) is 27.5. The fraction of sp³-hybridized carbons (Fsp3) is 0.559. The van der Waals surface area contributed by atoms with Crippen molar-refractivity contribution in [3.8, 4) is 6.07 Å². The van der Waals surface area contributed by atoms with Crippen molar-refractivity contribution in [3.05, 3.63) is 52.3 Å². The smallest absolute Gasteiger partial charge is 0.367 e. The summed E-state index contributed by atoms with van der Waals surface area (Å²) < 4.78 is 46.0. The SMILES string of the molecule is Cc1c(CN2CCC(Nc3ncnc4sc(CC(F)(F)F)cc34)CC2)ccc2c1cc(C#N)n2C[C@H](C)N1CCN(SN2CCC2)CC1. The third-order valence-corrected chi connectivity index (χ3v) is 12.3. The van der Waals surface area contributed by atoms with E-state index in [1.807, 2.05) is 12.1 Å². The molecule has 1 N–H and O–H groups in total. The Morgan fingerprint density at radius 1 is 1.02 bits per heavy atom. The number of hydrogen-bond donors (Lipinski definition) is 1. The van der Waals surface area contributed by atoms with Gasteiger partial charge >= 0.3 is 6.18 Å². The molecule has 256 valence electrons. The van der Waals surface area contributed by atoms with Crippen LogP contribution in [0.25, 0.3) is 21.1 Å². The summed E-state index contributed by atoms with van der Waals surface area (Å²) in [5.74, 6) is 0.611. The Morgan fingerprint density at radius 3 is 2.46 bits per heavy atom. The second-order valence-corrected chi connectivity index (χ2v) is 15.7. The van der Waals surface area contributed by atoms with Gasteiger partial charge in [-0.3, -0.25) is 9.80 Å². The lowest BCUT2D eigenvalue weighted by Crippen LogP contribution is -2.50. The van der Waals surface area contributed by atoms with E-state index in [-0.39, 0.29) is 10.9 Å². The number of likely N-dealkylation sites (tertiary alicyclic amines) is 1. The van der Waals surface area contributed by atoms with E-state index in [1.54, 1.807) is 6.07 Å². The molecule has 14 heteroatoms. The molecule has 0 aliphatic carbocycles. The fourth-order valence-electron chi connectivity index (χ4n) is 7.09. The molecule has 7 rings (SSSR count). The van der Waals surface area contributed by atoms with Crippen LogP contribution in [0, 0.1) is 18.3 Å². The van der Waals surface area contributed by atoms with E-state index in [1.165, 1.54) is 37.0 Å². The van der Waals surface area contributed by atoms with Crippen LogP contribution in [0.5, 0.6) is 0 Å². The second kappa shape index (κ2) is 14.1. The van der Waals surface area contributed by atoms with Gasteiger partial charge in [-0.1, -0.05) is 6.07 Å². The first-order valence-electron chi connectivity index (χ1n) is 16.9. The van der Waals surface area contributed by atoms with Crippen molar-refractivity contribution >= 4 is 50.4 Å². The molecule has 3 fully saturated rings. The van der Waals surface area contributed by atoms with Crippen molar-refractivity contribution in [2.24, 2.45) is 0 Å². The maximum Gasteiger partial charge on any atom is 0.393 e. The highest BCUT2D eigenvalue weighted by molar-refractivity contribution is 7.94. The zero-order valence-corrected chi connectivity index (χ0v) is 29.1. The molecule has 0 saturated carbocycles. The molecule has 6 heterocycles. The van der Waals surface area contributed by atoms with Gasteiger partial charge in [-0.05, 0) is 62.4 Å². The number of fused-ring (bicyclic) bond motifs is 2. The van der Waals surface area contributed by atoms with Gasteiger partial charge in [0.05, 0.1) is 11.8 Å². The Kier molecular flexibility index (Phi) is 9.88. The van der Waals surface area contributed by atoms with Gasteiger partial charge in [0.2, 0.25) is 0 Å². The molecular weight excluding hydrogens is 656 g/mol. The lowest BCUT2D eigenvalue weighted by molar-refractivity contribution is -0.126. The largest absolute Gasteiger partial charge is 0.393 e. The number of halogens is 3. The molecule has 0 radical (unpaired) electrons. The minimum atomic E-state index is -4.25. The molecule has 3 aliphatic rings. The van der Waals surface area contributed by atoms with Gasteiger partial charge in [-0.15, -0.1) is 11.3 Å². The molecule has 3 aromatic heterocycles. The number of aryl methyl sites for hydroxylation is 1. The van der Waals surface area contributed by atoms with Crippen molar-refractivity contribution in [3.63, 3.8) is 0 Å². The fourth-order valence-corrected chi connectivity index (χ4v) is 9.20. The van der Waals surface area contributed by atoms with Crippen LogP contribution in [-0.4, -0.2) is 104 Å². The van der Waals surface area contributed by atoms with Crippen molar-refractivity contribution in [1.82, 2.24) is 32.9 Å². The number of anilines is 1. The monoisotopic (exact) mass is 697 g/mol. The van der Waals surface area contributed by atoms with Crippen molar-refractivity contribution in [2.45, 2.75) is 70.9 Å². The van der Waals surface area contributed by atoms with Gasteiger partial charge < -0.3 is 9.88 Å². The summed E-state index contributed by atoms with van der Waals surface area (Å²) in [5, 5.41) is 15.4. The van der Waals surface area contributed by atoms with Gasteiger partial charge in [0.15, 0.2) is 0 Å². The summed E-state index contributed by atoms with van der Waals surface area (Å²) in [6.45, 7) is 14.5. The van der Waals surface area contributed by atoms with Gasteiger partial charge in [0.1, 0.15) is 28.7 Å². The topological polar surface area (TPSA) is 79.5 Å². The number of thiophene rings is 1. The third kappa shape index (κ3) is 7.46. The number of hydrogen-bond acceptors (Lipinski definition) is 10. The van der Waals surface area contributed by atoms with E-state index in [2.05, 4.69) is 76.4 Å². The van der Waals surface area contributed by atoms with Gasteiger partial charge in [-0.25, -0.2) is 18.6 Å². The van der Waals surface area contributed by atoms with Crippen LogP contribution in [0.15, 0.2) is 30.6 Å². The van der Waals surface area contributed by atoms with E-state index in [0.717, 1.165) is 87.4 Å². The predicted octanol–water partition coefficient (Wildman–Crippen LogP) is 6.28. The van der Waals surface area contributed by atoms with Crippen molar-refractivity contribution in [2.75, 3.05) is 57.7 Å². The Bertz CT molecular complexity index is 1780. The second-order valence-electron chi connectivity index (χ2n) is 13.4. The summed E-state index contributed by atoms with van der Waals surface area (Å²) in [5.41, 5.74) is 4.33. The number of rotatable bonds is 10. The van der Waals surface area contributed by atoms with Crippen molar-refractivity contribution in [1.29, 1.82) is 5.26 Å². The molecule has 4 aromatic rings. The summed E-state index contributed by atoms with van der Waals surface area (Å²) in [7, 11) is 0. The summed E-state index contributed by atoms with van der Waals surface area (Å²) >= 11 is 2.98. The van der Waals surface area contributed by atoms with Crippen LogP contribution in [0.3, 0.4) is 0 Å². The number of nitrogens with zero attached hydrogens (tertiary/aromatic N) is 8. The minimum Gasteiger partial charge on any atom is -0.367 e. The standard InChI is InChI=1S/C34H42F3N9S2/c1-23(43-12-14-45(15-13-43)48-44-8-3-9-44)20-46-27(19-38)16-29-24(2)25(4-5-31(29)46)21-42-10-6-26(7-11-42)41-32-30-17-28(18-34(35,36)37)47-33(30)40-22-39-32/h4-5,16-17,22-23,26H,3,6-15,18,20-21H2,1-2H3,(H,39,40,41)/t23-/m0/s1. The first-order chi connectivity index (χ1) is 23.1. The van der Waals surface area contributed by atoms with Crippen LogP contribution in [-0.2, 0) is 19.5 Å². The molecule has 3 aliphatic heterocycles. The molecular formula is C34H42F3N9S2. The molecule has 1 atom stereocenters. The average molecular weight is 698 g/mol. The third-order valence-electron chi connectivity index (χ3n) is 10.0. The lowest BCUT2D eigenvalue weighted by Gasteiger charge is -2.40. The number of nitriles is 1. The average Bonchev–Trinajstić information content (AvgIpc) is 3.62. The number of alkyl halides is 3. The maximum atomic E-state index is 13.0. The van der Waals surface area contributed by atoms with E-state index in [0.29, 0.717) is 27.8 Å². The van der Waals surface area contributed by atoms with E-state index < -0.39 is 12.6 Å². The number of nitrogens with one attached hydrogen (secondary N) is 1. The minimum absolute atomic E-state index is 0.186. The summed E-state index contributed by atoms with van der Waals surface area (Å²) in [4.78, 5) is 14.4. The van der Waals surface area contributed by atoms with E-state index in [4.69, 9.17) is 0 Å². The van der Waals surface area contributed by atoms with Gasteiger partial charge in [0.25, 0.3) is 0 Å². The Morgan fingerprint density at radius 2 is 1.77 bits per heavy atom. The first-order valence-corrected chi connectivity index (χ1v) is 18.4. The molecule has 9 nitrogen and oxygen atoms in total. The van der Waals surface area contributed by atoms with Gasteiger partial charge in [-0.2, -0.15) is 18.4 Å². The summed E-state index contributed by atoms with van der Waals surface area (Å²) in [6, 6.07) is 11.0. The van der Waals surface area contributed by atoms with Crippen LogP contribution >= 0.6 is 23.5 Å². The van der Waals surface area contributed by atoms with Crippen LogP contribution in [0.2, 0.25) is 0 Å². The molecule has 3 saturated heterocycles. The van der Waals surface area contributed by atoms with Crippen LogP contribution in [0.4, 0.5) is 19.0 Å². The highest BCUT2D eigenvalue weighted by atomic mass is 32.2.